The van der Waals surface area contributed by atoms with E-state index in [-0.39, 0.29) is 11.8 Å². The molecule has 1 atom stereocenters. The molecule has 26 heavy (non-hydrogen) atoms. The van der Waals surface area contributed by atoms with Crippen LogP contribution >= 0.6 is 0 Å². The summed E-state index contributed by atoms with van der Waals surface area (Å²) in [6, 6.07) is 7.00. The Morgan fingerprint density at radius 2 is 2.00 bits per heavy atom. The highest BCUT2D eigenvalue weighted by atomic mass is 16.4. The van der Waals surface area contributed by atoms with E-state index in [0.29, 0.717) is 29.9 Å². The van der Waals surface area contributed by atoms with Crippen molar-refractivity contribution in [2.24, 2.45) is 0 Å². The van der Waals surface area contributed by atoms with E-state index >= 15 is 0 Å². The van der Waals surface area contributed by atoms with Gasteiger partial charge in [0.05, 0.1) is 11.8 Å². The number of carboxylic acids is 1. The number of fused-ring (bicyclic) bond motifs is 1. The van der Waals surface area contributed by atoms with Gasteiger partial charge in [-0.1, -0.05) is 18.2 Å². The Balaban J connectivity index is 1.59. The van der Waals surface area contributed by atoms with Crippen LogP contribution < -0.4 is 0 Å². The number of likely N-dealkylation sites (tertiary alicyclic amines) is 1. The summed E-state index contributed by atoms with van der Waals surface area (Å²) >= 11 is 0. The summed E-state index contributed by atoms with van der Waals surface area (Å²) in [5.41, 5.74) is 3.06. The lowest BCUT2D eigenvalue weighted by molar-refractivity contribution is 0.0695. The van der Waals surface area contributed by atoms with Crippen LogP contribution in [-0.2, 0) is 0 Å². The van der Waals surface area contributed by atoms with Gasteiger partial charge in [0.1, 0.15) is 5.56 Å². The normalized spacial score (nSPS) is 17.0. The molecule has 3 aromatic rings. The molecular weight excluding hydrogens is 332 g/mol. The van der Waals surface area contributed by atoms with Crippen LogP contribution in [0, 0.1) is 6.92 Å². The van der Waals surface area contributed by atoms with Crippen molar-refractivity contribution in [2.75, 3.05) is 13.1 Å². The summed E-state index contributed by atoms with van der Waals surface area (Å²) in [7, 11) is 0. The van der Waals surface area contributed by atoms with Crippen molar-refractivity contribution in [3.8, 4) is 0 Å². The quantitative estimate of drug-likeness (QED) is 0.783. The monoisotopic (exact) mass is 350 g/mol. The van der Waals surface area contributed by atoms with Crippen molar-refractivity contribution in [3.63, 3.8) is 0 Å². The number of hydrogen-bond donors (Lipinski definition) is 1. The van der Waals surface area contributed by atoms with Crippen LogP contribution in [0.5, 0.6) is 0 Å². The minimum absolute atomic E-state index is 0.0169. The van der Waals surface area contributed by atoms with Gasteiger partial charge in [0, 0.05) is 31.4 Å². The van der Waals surface area contributed by atoms with Crippen molar-refractivity contribution in [3.05, 3.63) is 65.1 Å². The Bertz CT molecular complexity index is 1010. The smallest absolute Gasteiger partial charge is 0.335 e. The van der Waals surface area contributed by atoms with Crippen LogP contribution in [0.3, 0.4) is 0 Å². The average Bonchev–Trinajstić information content (AvgIpc) is 3.28. The van der Waals surface area contributed by atoms with Gasteiger partial charge in [-0.05, 0) is 30.5 Å². The highest BCUT2D eigenvalue weighted by Gasteiger charge is 2.31. The molecule has 0 saturated carbocycles. The fourth-order valence-corrected chi connectivity index (χ4v) is 3.54. The van der Waals surface area contributed by atoms with Gasteiger partial charge in [0.15, 0.2) is 5.65 Å². The topological polar surface area (TPSA) is 87.8 Å². The number of aryl methyl sites for hydroxylation is 1. The molecular formula is C19H18N4O3. The molecule has 0 bridgehead atoms. The lowest BCUT2D eigenvalue weighted by atomic mass is 9.93. The molecule has 2 aromatic heterocycles. The summed E-state index contributed by atoms with van der Waals surface area (Å²) in [5.74, 6) is -1.04. The molecule has 1 aliphatic rings. The summed E-state index contributed by atoms with van der Waals surface area (Å²) in [6.45, 7) is 2.99. The zero-order valence-electron chi connectivity index (χ0n) is 14.3. The number of carbonyl (C=O) groups is 2. The highest BCUT2D eigenvalue weighted by Crippen LogP contribution is 2.30. The number of amides is 1. The van der Waals surface area contributed by atoms with Gasteiger partial charge in [-0.2, -0.15) is 5.10 Å². The molecule has 132 valence electrons. The SMILES string of the molecule is Cc1cnc2c(C(=O)N3CCC(c4ccccc4C(=O)O)C3)cnn2c1. The van der Waals surface area contributed by atoms with E-state index in [1.165, 1.54) is 0 Å². The number of hydrogen-bond acceptors (Lipinski definition) is 4. The Morgan fingerprint density at radius 1 is 1.19 bits per heavy atom. The van der Waals surface area contributed by atoms with Gasteiger partial charge < -0.3 is 10.0 Å². The van der Waals surface area contributed by atoms with Gasteiger partial charge >= 0.3 is 5.97 Å². The maximum atomic E-state index is 12.9. The second kappa shape index (κ2) is 6.25. The molecule has 0 radical (unpaired) electrons. The second-order valence-corrected chi connectivity index (χ2v) is 6.59. The van der Waals surface area contributed by atoms with Crippen LogP contribution in [0.2, 0.25) is 0 Å². The third-order valence-corrected chi connectivity index (χ3v) is 4.82. The van der Waals surface area contributed by atoms with Crippen LogP contribution in [0.25, 0.3) is 5.65 Å². The zero-order chi connectivity index (χ0) is 18.3. The van der Waals surface area contributed by atoms with Gasteiger partial charge in [-0.25, -0.2) is 14.3 Å². The number of carboxylic acid groups (broad SMARTS) is 1. The van der Waals surface area contributed by atoms with Crippen LogP contribution in [0.15, 0.2) is 42.9 Å². The maximum Gasteiger partial charge on any atom is 0.335 e. The molecule has 7 nitrogen and oxygen atoms in total. The second-order valence-electron chi connectivity index (χ2n) is 6.59. The van der Waals surface area contributed by atoms with Crippen molar-refractivity contribution in [2.45, 2.75) is 19.3 Å². The molecule has 3 heterocycles. The average molecular weight is 350 g/mol. The van der Waals surface area contributed by atoms with Gasteiger partial charge in [-0.15, -0.1) is 0 Å². The van der Waals surface area contributed by atoms with Gasteiger partial charge in [0.2, 0.25) is 0 Å². The summed E-state index contributed by atoms with van der Waals surface area (Å²) in [4.78, 5) is 30.4. The lowest BCUT2D eigenvalue weighted by Crippen LogP contribution is -2.28. The number of carbonyl (C=O) groups excluding carboxylic acids is 1. The molecule has 1 saturated heterocycles. The predicted octanol–water partition coefficient (Wildman–Crippen LogP) is 2.37. The fraction of sp³-hybridized carbons (Fsp3) is 0.263. The minimum Gasteiger partial charge on any atom is -0.478 e. The summed E-state index contributed by atoms with van der Waals surface area (Å²) in [5, 5.41) is 13.6. The Labute approximate surface area is 149 Å². The number of nitrogens with zero attached hydrogens (tertiary/aromatic N) is 4. The number of aromatic nitrogens is 3. The third kappa shape index (κ3) is 2.71. The van der Waals surface area contributed by atoms with Gasteiger partial charge in [0.25, 0.3) is 5.91 Å². The molecule has 7 heteroatoms. The highest BCUT2D eigenvalue weighted by molar-refractivity contribution is 5.99. The van der Waals surface area contributed by atoms with E-state index in [1.807, 2.05) is 25.3 Å². The van der Waals surface area contributed by atoms with Crippen LogP contribution in [0.1, 0.15) is 44.2 Å². The van der Waals surface area contributed by atoms with E-state index in [4.69, 9.17) is 0 Å². The first-order valence-electron chi connectivity index (χ1n) is 8.46. The number of rotatable bonds is 3. The molecule has 0 aliphatic carbocycles. The molecule has 1 unspecified atom stereocenters. The first kappa shape index (κ1) is 16.3. The summed E-state index contributed by atoms with van der Waals surface area (Å²) < 4.78 is 1.61. The zero-order valence-corrected chi connectivity index (χ0v) is 14.3. The Kier molecular flexibility index (Phi) is 3.91. The number of aromatic carboxylic acids is 1. The Morgan fingerprint density at radius 3 is 2.81 bits per heavy atom. The van der Waals surface area contributed by atoms with Crippen molar-refractivity contribution >= 4 is 17.5 Å². The largest absolute Gasteiger partial charge is 0.478 e. The first-order valence-corrected chi connectivity index (χ1v) is 8.46. The van der Waals surface area contributed by atoms with Crippen molar-refractivity contribution in [1.82, 2.24) is 19.5 Å². The molecule has 1 amide bonds. The maximum absolute atomic E-state index is 12.9. The molecule has 1 aliphatic heterocycles. The standard InChI is InChI=1S/C19H18N4O3/c1-12-8-20-17-16(9-21-23(17)10-12)18(24)22-7-6-13(11-22)14-4-2-3-5-15(14)19(25)26/h2-5,8-10,13H,6-7,11H2,1H3,(H,25,26). The molecule has 1 fully saturated rings. The van der Waals surface area contributed by atoms with Crippen molar-refractivity contribution < 1.29 is 14.7 Å². The van der Waals surface area contributed by atoms with Gasteiger partial charge in [-0.3, -0.25) is 4.79 Å². The molecule has 1 aromatic carbocycles. The van der Waals surface area contributed by atoms with E-state index in [2.05, 4.69) is 10.1 Å². The fourth-order valence-electron chi connectivity index (χ4n) is 3.54. The van der Waals surface area contributed by atoms with E-state index in [1.54, 1.807) is 33.9 Å². The minimum atomic E-state index is -0.937. The molecule has 1 N–H and O–H groups in total. The number of benzene rings is 1. The molecule has 4 rings (SSSR count). The summed E-state index contributed by atoms with van der Waals surface area (Å²) in [6.07, 6.45) is 5.82. The molecule has 0 spiro atoms. The Hall–Kier alpha value is -3.22. The third-order valence-electron chi connectivity index (χ3n) is 4.82. The van der Waals surface area contributed by atoms with E-state index < -0.39 is 5.97 Å². The van der Waals surface area contributed by atoms with Crippen LogP contribution in [0.4, 0.5) is 0 Å². The van der Waals surface area contributed by atoms with E-state index in [9.17, 15) is 14.7 Å². The predicted molar refractivity (Wildman–Crippen MR) is 94.4 cm³/mol. The van der Waals surface area contributed by atoms with Crippen molar-refractivity contribution in [1.29, 1.82) is 0 Å². The van der Waals surface area contributed by atoms with E-state index in [0.717, 1.165) is 17.5 Å². The lowest BCUT2D eigenvalue weighted by Gasteiger charge is -2.17. The first-order chi connectivity index (χ1) is 12.5. The van der Waals surface area contributed by atoms with Crippen LogP contribution in [-0.4, -0.2) is 49.6 Å².